The topological polar surface area (TPSA) is 0 Å². The third kappa shape index (κ3) is 2.77. The number of halogens is 1. The molecule has 0 aliphatic heterocycles. The molecule has 0 aliphatic carbocycles. The third-order valence-corrected chi connectivity index (χ3v) is 1.88. The zero-order valence-electron chi connectivity index (χ0n) is 6.55. The van der Waals surface area contributed by atoms with Crippen molar-refractivity contribution in [1.29, 1.82) is 0 Å². The molecule has 0 fully saturated rings. The van der Waals surface area contributed by atoms with Crippen molar-refractivity contribution < 1.29 is 0 Å². The molecule has 0 amide bonds. The van der Waals surface area contributed by atoms with Gasteiger partial charge in [-0.05, 0) is 12.5 Å². The highest BCUT2D eigenvalue weighted by molar-refractivity contribution is 6.29. The fourth-order valence-electron chi connectivity index (χ4n) is 0.893. The summed E-state index contributed by atoms with van der Waals surface area (Å²) in [6.45, 7) is 1.95. The van der Waals surface area contributed by atoms with Crippen LogP contribution >= 0.6 is 11.6 Å². The Kier molecular flexibility index (Phi) is 3.18. The van der Waals surface area contributed by atoms with Gasteiger partial charge in [0.25, 0.3) is 0 Å². The lowest BCUT2D eigenvalue weighted by Crippen LogP contribution is -1.82. The van der Waals surface area contributed by atoms with Crippen molar-refractivity contribution in [2.45, 2.75) is 13.3 Å². The number of benzene rings is 1. The molecule has 58 valence electrons. The molecule has 0 radical (unpaired) electrons. The highest BCUT2D eigenvalue weighted by Gasteiger charge is 1.92. The van der Waals surface area contributed by atoms with Gasteiger partial charge in [-0.3, -0.25) is 0 Å². The molecule has 0 saturated carbocycles. The Morgan fingerprint density at radius 3 is 2.55 bits per heavy atom. The van der Waals surface area contributed by atoms with Crippen molar-refractivity contribution in [2.75, 3.05) is 0 Å². The van der Waals surface area contributed by atoms with Crippen molar-refractivity contribution >= 4 is 11.6 Å². The van der Waals surface area contributed by atoms with E-state index in [1.807, 2.05) is 31.2 Å². The molecule has 11 heavy (non-hydrogen) atoms. The number of hydrogen-bond donors (Lipinski definition) is 0. The summed E-state index contributed by atoms with van der Waals surface area (Å²) in [5, 5.41) is 0.899. The van der Waals surface area contributed by atoms with Gasteiger partial charge >= 0.3 is 0 Å². The first-order chi connectivity index (χ1) is 5.33. The summed E-state index contributed by atoms with van der Waals surface area (Å²) in [5.41, 5.74) is 1.26. The normalized spacial score (nSPS) is 11.6. The molecule has 0 aromatic heterocycles. The van der Waals surface area contributed by atoms with Crippen molar-refractivity contribution in [3.63, 3.8) is 0 Å². The Morgan fingerprint density at radius 1 is 1.36 bits per heavy atom. The second-order valence-corrected chi connectivity index (χ2v) is 2.88. The van der Waals surface area contributed by atoms with E-state index in [2.05, 4.69) is 12.1 Å². The molecule has 0 atom stereocenters. The molecule has 0 bridgehead atoms. The molecule has 0 N–H and O–H groups in total. The fourth-order valence-corrected chi connectivity index (χ4v) is 1.05. The maximum absolute atomic E-state index is 5.86. The minimum atomic E-state index is 0.846. The first-order valence-corrected chi connectivity index (χ1v) is 4.05. The van der Waals surface area contributed by atoms with Gasteiger partial charge in [-0.15, -0.1) is 0 Å². The second kappa shape index (κ2) is 4.20. The van der Waals surface area contributed by atoms with Gasteiger partial charge in [0, 0.05) is 11.5 Å². The van der Waals surface area contributed by atoms with Gasteiger partial charge in [0.05, 0.1) is 0 Å². The van der Waals surface area contributed by atoms with Crippen molar-refractivity contribution in [3.05, 3.63) is 47.0 Å². The van der Waals surface area contributed by atoms with Crippen LogP contribution in [0.25, 0.3) is 0 Å². The van der Waals surface area contributed by atoms with E-state index in [4.69, 9.17) is 11.6 Å². The van der Waals surface area contributed by atoms with Crippen molar-refractivity contribution in [2.24, 2.45) is 0 Å². The maximum atomic E-state index is 5.86. The number of rotatable bonds is 2. The van der Waals surface area contributed by atoms with Crippen LogP contribution in [-0.4, -0.2) is 0 Å². The predicted octanol–water partition coefficient (Wildman–Crippen LogP) is 3.37. The Balaban J connectivity index is 2.65. The summed E-state index contributed by atoms with van der Waals surface area (Å²) in [5.74, 6) is 0. The summed E-state index contributed by atoms with van der Waals surface area (Å²) in [6, 6.07) is 10.2. The summed E-state index contributed by atoms with van der Waals surface area (Å²) in [7, 11) is 0. The quantitative estimate of drug-likeness (QED) is 0.632. The van der Waals surface area contributed by atoms with Crippen LogP contribution in [0.5, 0.6) is 0 Å². The predicted molar refractivity (Wildman–Crippen MR) is 49.8 cm³/mol. The smallest absolute Gasteiger partial charge is 0.0182 e. The van der Waals surface area contributed by atoms with Gasteiger partial charge in [-0.1, -0.05) is 48.0 Å². The first kappa shape index (κ1) is 8.35. The van der Waals surface area contributed by atoms with Crippen LogP contribution in [0.2, 0.25) is 0 Å². The van der Waals surface area contributed by atoms with E-state index >= 15 is 0 Å². The lowest BCUT2D eigenvalue weighted by atomic mass is 10.1. The molecular weight excluding hydrogens is 156 g/mol. The van der Waals surface area contributed by atoms with Gasteiger partial charge < -0.3 is 0 Å². The van der Waals surface area contributed by atoms with Crippen molar-refractivity contribution in [1.82, 2.24) is 0 Å². The lowest BCUT2D eigenvalue weighted by molar-refractivity contribution is 1.23. The van der Waals surface area contributed by atoms with Gasteiger partial charge in [0.1, 0.15) is 0 Å². The summed E-state index contributed by atoms with van der Waals surface area (Å²) in [6.07, 6.45) is 2.77. The first-order valence-electron chi connectivity index (χ1n) is 3.67. The zero-order valence-corrected chi connectivity index (χ0v) is 7.31. The lowest BCUT2D eigenvalue weighted by Gasteiger charge is -1.97. The highest BCUT2D eigenvalue weighted by atomic mass is 35.5. The van der Waals surface area contributed by atoms with E-state index in [9.17, 15) is 0 Å². The van der Waals surface area contributed by atoms with E-state index in [-0.39, 0.29) is 0 Å². The second-order valence-electron chi connectivity index (χ2n) is 2.40. The largest absolute Gasteiger partial charge is 0.0891 e. The van der Waals surface area contributed by atoms with E-state index in [1.165, 1.54) is 5.56 Å². The van der Waals surface area contributed by atoms with Crippen LogP contribution in [0.1, 0.15) is 12.5 Å². The van der Waals surface area contributed by atoms with Crippen LogP contribution in [-0.2, 0) is 6.42 Å². The highest BCUT2D eigenvalue weighted by Crippen LogP contribution is 2.10. The zero-order chi connectivity index (χ0) is 8.10. The van der Waals surface area contributed by atoms with Gasteiger partial charge in [0.15, 0.2) is 0 Å². The molecule has 0 aliphatic rings. The minimum Gasteiger partial charge on any atom is -0.0891 e. The van der Waals surface area contributed by atoms with Crippen LogP contribution in [0.4, 0.5) is 0 Å². The average Bonchev–Trinajstić information content (AvgIpc) is 2.06. The summed E-state index contributed by atoms with van der Waals surface area (Å²) >= 11 is 5.86. The molecule has 1 aromatic rings. The molecule has 0 heterocycles. The van der Waals surface area contributed by atoms with Crippen LogP contribution in [0.15, 0.2) is 41.4 Å². The molecule has 1 heteroatoms. The van der Waals surface area contributed by atoms with Crippen LogP contribution in [0.3, 0.4) is 0 Å². The Morgan fingerprint density at radius 2 is 2.00 bits per heavy atom. The summed E-state index contributed by atoms with van der Waals surface area (Å²) in [4.78, 5) is 0. The van der Waals surface area contributed by atoms with Crippen LogP contribution in [0, 0.1) is 0 Å². The molecule has 1 rings (SSSR count). The molecular formula is C10H11Cl. The maximum Gasteiger partial charge on any atom is 0.0182 e. The van der Waals surface area contributed by atoms with E-state index < -0.39 is 0 Å². The van der Waals surface area contributed by atoms with E-state index in [0.29, 0.717) is 0 Å². The Hall–Kier alpha value is -0.750. The molecule has 0 spiro atoms. The molecule has 0 nitrogen and oxygen atoms in total. The van der Waals surface area contributed by atoms with Crippen LogP contribution < -0.4 is 0 Å². The van der Waals surface area contributed by atoms with Gasteiger partial charge in [0.2, 0.25) is 0 Å². The van der Waals surface area contributed by atoms with Gasteiger partial charge in [-0.2, -0.15) is 0 Å². The minimum absolute atomic E-state index is 0.846. The number of hydrogen-bond acceptors (Lipinski definition) is 0. The molecule has 1 aromatic carbocycles. The van der Waals surface area contributed by atoms with E-state index in [1.54, 1.807) is 0 Å². The monoisotopic (exact) mass is 166 g/mol. The Bertz CT molecular complexity index is 236. The van der Waals surface area contributed by atoms with E-state index in [0.717, 1.165) is 11.5 Å². The number of allylic oxidation sites excluding steroid dienone is 2. The third-order valence-electron chi connectivity index (χ3n) is 1.53. The van der Waals surface area contributed by atoms with Crippen molar-refractivity contribution in [3.8, 4) is 0 Å². The van der Waals surface area contributed by atoms with Gasteiger partial charge in [-0.25, -0.2) is 0 Å². The standard InChI is InChI=1S/C10H11Cl/c1-2-10(11)8-9-6-4-3-5-7-9/h2-7H,8H2,1H3/b10-2-. The average molecular weight is 167 g/mol. The Labute approximate surface area is 72.5 Å². The summed E-state index contributed by atoms with van der Waals surface area (Å²) < 4.78 is 0. The molecule has 0 saturated heterocycles. The molecule has 0 unspecified atom stereocenters. The fraction of sp³-hybridized carbons (Fsp3) is 0.200. The SMILES string of the molecule is C/C=C(\Cl)Cc1ccccc1.